The Morgan fingerprint density at radius 1 is 1.28 bits per heavy atom. The van der Waals surface area contributed by atoms with Gasteiger partial charge in [-0.3, -0.25) is 0 Å². The highest BCUT2D eigenvalue weighted by atomic mass is 14.9. The van der Waals surface area contributed by atoms with E-state index < -0.39 is 0 Å². The Hall–Kier alpha value is -0.960. The van der Waals surface area contributed by atoms with E-state index in [1.54, 1.807) is 6.33 Å². The minimum absolute atomic E-state index is 0.483. The zero-order valence-electron chi connectivity index (χ0n) is 11.9. The molecule has 3 heteroatoms. The van der Waals surface area contributed by atoms with Gasteiger partial charge in [0.1, 0.15) is 6.33 Å². The van der Waals surface area contributed by atoms with Crippen molar-refractivity contribution >= 4 is 0 Å². The summed E-state index contributed by atoms with van der Waals surface area (Å²) in [5.74, 6) is 0.483. The first-order chi connectivity index (χ1) is 8.77. The van der Waals surface area contributed by atoms with Gasteiger partial charge in [0, 0.05) is 17.7 Å². The summed E-state index contributed by atoms with van der Waals surface area (Å²) in [6, 6.07) is 0.532. The lowest BCUT2D eigenvalue weighted by Crippen LogP contribution is -2.34. The molecule has 2 atom stereocenters. The Morgan fingerprint density at radius 2 is 2.11 bits per heavy atom. The maximum Gasteiger partial charge on any atom is 0.115 e. The first-order valence-corrected chi connectivity index (χ1v) is 7.33. The van der Waals surface area contributed by atoms with Gasteiger partial charge in [0.2, 0.25) is 0 Å². The fourth-order valence-corrected chi connectivity index (χ4v) is 2.97. The Labute approximate surface area is 110 Å². The molecule has 1 aliphatic carbocycles. The highest BCUT2D eigenvalue weighted by Crippen LogP contribution is 2.29. The predicted molar refractivity (Wildman–Crippen MR) is 74.8 cm³/mol. The van der Waals surface area contributed by atoms with Crippen LogP contribution in [0.3, 0.4) is 0 Å². The molecular weight excluding hydrogens is 222 g/mol. The molecule has 1 heterocycles. The molecule has 0 fully saturated rings. The van der Waals surface area contributed by atoms with Gasteiger partial charge in [-0.1, -0.05) is 20.8 Å². The summed E-state index contributed by atoms with van der Waals surface area (Å²) in [6.45, 7) is 7.87. The highest BCUT2D eigenvalue weighted by Gasteiger charge is 2.24. The molecule has 100 valence electrons. The average Bonchev–Trinajstić information content (AvgIpc) is 2.87. The lowest BCUT2D eigenvalue weighted by molar-refractivity contribution is 0.430. The van der Waals surface area contributed by atoms with Crippen LogP contribution in [0.2, 0.25) is 0 Å². The van der Waals surface area contributed by atoms with E-state index in [-0.39, 0.29) is 0 Å². The van der Waals surface area contributed by atoms with Gasteiger partial charge in [0.15, 0.2) is 0 Å². The van der Waals surface area contributed by atoms with Crippen molar-refractivity contribution in [2.45, 2.75) is 64.8 Å². The fourth-order valence-electron chi connectivity index (χ4n) is 2.97. The minimum Gasteiger partial charge on any atom is -0.313 e. The number of rotatable bonds is 6. The SMILES string of the molecule is CCCNC(CC)C(C)c1ncnc2c1CCC2. The van der Waals surface area contributed by atoms with Gasteiger partial charge < -0.3 is 5.32 Å². The standard InChI is InChI=1S/C15H25N3/c1-4-9-16-13(5-2)11(3)15-12-7-6-8-14(12)17-10-18-15/h10-11,13,16H,4-9H2,1-3H3. The monoisotopic (exact) mass is 247 g/mol. The average molecular weight is 247 g/mol. The van der Waals surface area contributed by atoms with Crippen LogP contribution in [-0.4, -0.2) is 22.6 Å². The molecule has 1 aromatic rings. The van der Waals surface area contributed by atoms with Gasteiger partial charge in [0.25, 0.3) is 0 Å². The summed E-state index contributed by atoms with van der Waals surface area (Å²) in [5.41, 5.74) is 4.01. The number of aromatic nitrogens is 2. The molecule has 0 bridgehead atoms. The third-order valence-corrected chi connectivity index (χ3v) is 4.04. The van der Waals surface area contributed by atoms with Crippen LogP contribution < -0.4 is 5.32 Å². The molecular formula is C15H25N3. The molecule has 1 aliphatic rings. The van der Waals surface area contributed by atoms with Crippen LogP contribution in [0, 0.1) is 0 Å². The van der Waals surface area contributed by atoms with Crippen LogP contribution in [0.5, 0.6) is 0 Å². The van der Waals surface area contributed by atoms with E-state index in [4.69, 9.17) is 0 Å². The molecule has 2 unspecified atom stereocenters. The minimum atomic E-state index is 0.483. The van der Waals surface area contributed by atoms with Crippen molar-refractivity contribution < 1.29 is 0 Å². The first-order valence-electron chi connectivity index (χ1n) is 7.33. The largest absolute Gasteiger partial charge is 0.313 e. The summed E-state index contributed by atoms with van der Waals surface area (Å²) in [5, 5.41) is 3.65. The Balaban J connectivity index is 2.17. The van der Waals surface area contributed by atoms with Crippen molar-refractivity contribution in [1.82, 2.24) is 15.3 Å². The molecule has 0 saturated carbocycles. The first kappa shape index (κ1) is 13.5. The maximum atomic E-state index is 4.58. The second kappa shape index (κ2) is 6.28. The van der Waals surface area contributed by atoms with E-state index in [0.717, 1.165) is 19.4 Å². The lowest BCUT2D eigenvalue weighted by Gasteiger charge is -2.25. The van der Waals surface area contributed by atoms with Crippen LogP contribution in [-0.2, 0) is 12.8 Å². The lowest BCUT2D eigenvalue weighted by atomic mass is 9.92. The number of hydrogen-bond acceptors (Lipinski definition) is 3. The van der Waals surface area contributed by atoms with Gasteiger partial charge in [-0.25, -0.2) is 9.97 Å². The van der Waals surface area contributed by atoms with Gasteiger partial charge in [-0.2, -0.15) is 0 Å². The zero-order valence-corrected chi connectivity index (χ0v) is 11.9. The van der Waals surface area contributed by atoms with Crippen LogP contribution in [0.4, 0.5) is 0 Å². The van der Waals surface area contributed by atoms with Crippen molar-refractivity contribution in [3.05, 3.63) is 23.3 Å². The summed E-state index contributed by atoms with van der Waals surface area (Å²) in [4.78, 5) is 8.99. The van der Waals surface area contributed by atoms with Crippen LogP contribution in [0.1, 0.15) is 62.9 Å². The second-order valence-corrected chi connectivity index (χ2v) is 5.30. The van der Waals surface area contributed by atoms with Crippen LogP contribution in [0.25, 0.3) is 0 Å². The van der Waals surface area contributed by atoms with Gasteiger partial charge in [0.05, 0.1) is 5.69 Å². The van der Waals surface area contributed by atoms with Crippen LogP contribution >= 0.6 is 0 Å². The van der Waals surface area contributed by atoms with Crippen LogP contribution in [0.15, 0.2) is 6.33 Å². The summed E-state index contributed by atoms with van der Waals surface area (Å²) in [6.07, 6.45) is 7.64. The van der Waals surface area contributed by atoms with Crippen molar-refractivity contribution in [1.29, 1.82) is 0 Å². The number of nitrogens with zero attached hydrogens (tertiary/aromatic N) is 2. The molecule has 0 aliphatic heterocycles. The number of nitrogens with one attached hydrogen (secondary N) is 1. The zero-order chi connectivity index (χ0) is 13.0. The molecule has 0 aromatic carbocycles. The number of hydrogen-bond donors (Lipinski definition) is 1. The molecule has 2 rings (SSSR count). The van der Waals surface area contributed by atoms with Gasteiger partial charge >= 0.3 is 0 Å². The van der Waals surface area contributed by atoms with Crippen molar-refractivity contribution in [2.24, 2.45) is 0 Å². The predicted octanol–water partition coefficient (Wildman–Crippen LogP) is 2.85. The molecule has 0 saturated heterocycles. The third kappa shape index (κ3) is 2.72. The molecule has 0 spiro atoms. The molecule has 0 amide bonds. The van der Waals surface area contributed by atoms with E-state index in [2.05, 4.69) is 36.1 Å². The number of fused-ring (bicyclic) bond motifs is 1. The quantitative estimate of drug-likeness (QED) is 0.840. The normalized spacial score (nSPS) is 17.5. The Kier molecular flexibility index (Phi) is 4.70. The molecule has 0 radical (unpaired) electrons. The fraction of sp³-hybridized carbons (Fsp3) is 0.733. The van der Waals surface area contributed by atoms with Gasteiger partial charge in [-0.15, -0.1) is 0 Å². The Bertz CT molecular complexity index is 389. The third-order valence-electron chi connectivity index (χ3n) is 4.04. The second-order valence-electron chi connectivity index (χ2n) is 5.30. The van der Waals surface area contributed by atoms with E-state index in [0.29, 0.717) is 12.0 Å². The smallest absolute Gasteiger partial charge is 0.115 e. The van der Waals surface area contributed by atoms with Crippen molar-refractivity contribution in [2.75, 3.05) is 6.54 Å². The summed E-state index contributed by atoms with van der Waals surface area (Å²) in [7, 11) is 0. The van der Waals surface area contributed by atoms with Gasteiger partial charge in [-0.05, 0) is 44.2 Å². The Morgan fingerprint density at radius 3 is 2.83 bits per heavy atom. The van der Waals surface area contributed by atoms with Crippen molar-refractivity contribution in [3.8, 4) is 0 Å². The maximum absolute atomic E-state index is 4.58. The summed E-state index contributed by atoms with van der Waals surface area (Å²) < 4.78 is 0. The van der Waals surface area contributed by atoms with E-state index >= 15 is 0 Å². The highest BCUT2D eigenvalue weighted by molar-refractivity contribution is 5.31. The van der Waals surface area contributed by atoms with E-state index in [1.807, 2.05) is 0 Å². The molecule has 1 N–H and O–H groups in total. The topological polar surface area (TPSA) is 37.8 Å². The number of aryl methyl sites for hydroxylation is 1. The molecule has 18 heavy (non-hydrogen) atoms. The van der Waals surface area contributed by atoms with E-state index in [9.17, 15) is 0 Å². The van der Waals surface area contributed by atoms with Crippen molar-refractivity contribution in [3.63, 3.8) is 0 Å². The molecule has 3 nitrogen and oxygen atoms in total. The molecule has 1 aromatic heterocycles. The summed E-state index contributed by atoms with van der Waals surface area (Å²) >= 11 is 0. The van der Waals surface area contributed by atoms with E-state index in [1.165, 1.54) is 36.2 Å².